The highest BCUT2D eigenvalue weighted by Crippen LogP contribution is 2.44. The van der Waals surface area contributed by atoms with Gasteiger partial charge < -0.3 is 29.7 Å². The number of ether oxygens (including phenoxy) is 1. The van der Waals surface area contributed by atoms with Gasteiger partial charge in [0.1, 0.15) is 17.9 Å². The number of nitrogens with zero attached hydrogens (tertiary/aromatic N) is 4. The van der Waals surface area contributed by atoms with Crippen LogP contribution in [0.1, 0.15) is 43.4 Å². The van der Waals surface area contributed by atoms with Crippen molar-refractivity contribution in [3.05, 3.63) is 52.2 Å². The van der Waals surface area contributed by atoms with Gasteiger partial charge in [-0.2, -0.15) is 4.98 Å². The molecule has 11 heteroatoms. The molecule has 2 saturated heterocycles. The second-order valence-corrected chi connectivity index (χ2v) is 15.8. The highest BCUT2D eigenvalue weighted by atomic mass is 35.5. The van der Waals surface area contributed by atoms with Crippen LogP contribution in [0.3, 0.4) is 0 Å². The lowest BCUT2D eigenvalue weighted by Crippen LogP contribution is -2.61. The number of hydrogen-bond acceptors (Lipinski definition) is 8. The van der Waals surface area contributed by atoms with Crippen LogP contribution in [-0.2, 0) is 15.8 Å². The Morgan fingerprint density at radius 2 is 1.81 bits per heavy atom. The van der Waals surface area contributed by atoms with Gasteiger partial charge in [0.15, 0.2) is 5.82 Å². The molecule has 0 aliphatic carbocycles. The number of amides is 1. The molecule has 2 aromatic carbocycles. The number of benzene rings is 2. The first-order valence-corrected chi connectivity index (χ1v) is 17.8. The van der Waals surface area contributed by atoms with Crippen molar-refractivity contribution in [1.29, 1.82) is 0 Å². The molecule has 1 aromatic heterocycles. The third kappa shape index (κ3) is 6.34. The summed E-state index contributed by atoms with van der Waals surface area (Å²) in [4.78, 5) is 25.2. The maximum absolute atomic E-state index is 13.2. The Kier molecular flexibility index (Phi) is 8.70. The number of nitrogens with one attached hydrogen (secondary N) is 2. The zero-order chi connectivity index (χ0) is 31.1. The van der Waals surface area contributed by atoms with E-state index < -0.39 is 7.14 Å². The standard InChI is InChI=1S/C32H42ClN6O3P/c1-8-23-15-26(28(42-5)16-27(23)38-13-11-32(12-14-38)18-39(19-32)22(4)40)36-31-34-17-24(33)30(37-31)35-25-10-9-20(2)21(3)29(25)43(6,7)41/h9-10,15-17H,8,11-14,18-19H2,1-7H3,(H2,34,35,36,37). The monoisotopic (exact) mass is 624 g/mol. The summed E-state index contributed by atoms with van der Waals surface area (Å²) in [6.45, 7) is 15.0. The molecule has 5 rings (SSSR count). The molecule has 9 nitrogen and oxygen atoms in total. The first kappa shape index (κ1) is 31.1. The number of piperidine rings is 1. The lowest BCUT2D eigenvalue weighted by Gasteiger charge is -2.54. The molecular weight excluding hydrogens is 583 g/mol. The fourth-order valence-corrected chi connectivity index (χ4v) is 8.17. The average molecular weight is 625 g/mol. The SMILES string of the molecule is CCc1cc(Nc2ncc(Cl)c(Nc3ccc(C)c(C)c3P(C)(C)=O)n2)c(OC)cc1N1CCC2(CC1)CN(C(C)=O)C2. The summed E-state index contributed by atoms with van der Waals surface area (Å²) in [5, 5.41) is 7.80. The molecule has 0 saturated carbocycles. The normalized spacial score (nSPS) is 16.2. The van der Waals surface area contributed by atoms with Crippen LogP contribution in [0.25, 0.3) is 0 Å². The summed E-state index contributed by atoms with van der Waals surface area (Å²) in [5.74, 6) is 1.65. The summed E-state index contributed by atoms with van der Waals surface area (Å²) in [6, 6.07) is 8.12. The van der Waals surface area contributed by atoms with E-state index in [1.54, 1.807) is 33.6 Å². The molecule has 2 aliphatic rings. The molecule has 3 aromatic rings. The summed E-state index contributed by atoms with van der Waals surface area (Å²) >= 11 is 6.52. The van der Waals surface area contributed by atoms with Crippen molar-refractivity contribution < 1.29 is 14.1 Å². The van der Waals surface area contributed by atoms with Gasteiger partial charge in [0.05, 0.1) is 24.7 Å². The van der Waals surface area contributed by atoms with Crippen LogP contribution in [0.2, 0.25) is 5.02 Å². The van der Waals surface area contributed by atoms with Gasteiger partial charge in [-0.1, -0.05) is 24.6 Å². The number of aryl methyl sites for hydroxylation is 2. The Balaban J connectivity index is 1.38. The predicted molar refractivity (Wildman–Crippen MR) is 177 cm³/mol. The van der Waals surface area contributed by atoms with Crippen LogP contribution in [0.5, 0.6) is 5.75 Å². The molecule has 2 aliphatic heterocycles. The number of likely N-dealkylation sites (tertiary alicyclic amines) is 1. The fraction of sp³-hybridized carbons (Fsp3) is 0.469. The summed E-state index contributed by atoms with van der Waals surface area (Å²) < 4.78 is 19.0. The molecule has 1 spiro atoms. The van der Waals surface area contributed by atoms with E-state index in [0.29, 0.717) is 22.5 Å². The number of aromatic nitrogens is 2. The molecular formula is C32H42ClN6O3P. The first-order chi connectivity index (χ1) is 20.3. The van der Waals surface area contributed by atoms with Gasteiger partial charge in [0.2, 0.25) is 11.9 Å². The van der Waals surface area contributed by atoms with Crippen molar-refractivity contribution in [2.24, 2.45) is 5.41 Å². The Bertz CT molecular complexity index is 1590. The minimum Gasteiger partial charge on any atom is -0.494 e. The largest absolute Gasteiger partial charge is 0.494 e. The zero-order valence-electron chi connectivity index (χ0n) is 26.2. The van der Waals surface area contributed by atoms with Crippen LogP contribution >= 0.6 is 18.7 Å². The number of hydrogen-bond donors (Lipinski definition) is 2. The molecule has 0 radical (unpaired) electrons. The molecule has 230 valence electrons. The average Bonchev–Trinajstić information content (AvgIpc) is 2.94. The van der Waals surface area contributed by atoms with E-state index in [4.69, 9.17) is 16.3 Å². The molecule has 1 amide bonds. The van der Waals surface area contributed by atoms with Crippen molar-refractivity contribution in [3.63, 3.8) is 0 Å². The second kappa shape index (κ2) is 12.0. The van der Waals surface area contributed by atoms with E-state index in [1.165, 1.54) is 11.3 Å². The van der Waals surface area contributed by atoms with Crippen molar-refractivity contribution in [1.82, 2.24) is 14.9 Å². The van der Waals surface area contributed by atoms with Crippen LogP contribution in [0, 0.1) is 19.3 Å². The van der Waals surface area contributed by atoms with Gasteiger partial charge in [0, 0.05) is 55.6 Å². The van der Waals surface area contributed by atoms with Gasteiger partial charge in [-0.15, -0.1) is 0 Å². The minimum atomic E-state index is -2.59. The maximum Gasteiger partial charge on any atom is 0.229 e. The number of halogens is 1. The molecule has 2 fully saturated rings. The van der Waals surface area contributed by atoms with E-state index in [2.05, 4.69) is 44.6 Å². The summed E-state index contributed by atoms with van der Waals surface area (Å²) in [6.07, 6.45) is 4.55. The van der Waals surface area contributed by atoms with E-state index in [0.717, 1.165) is 73.2 Å². The van der Waals surface area contributed by atoms with Crippen LogP contribution in [0.15, 0.2) is 30.5 Å². The van der Waals surface area contributed by atoms with Crippen molar-refractivity contribution in [3.8, 4) is 5.75 Å². The lowest BCUT2D eigenvalue weighted by atomic mass is 9.72. The van der Waals surface area contributed by atoms with Crippen molar-refractivity contribution in [2.45, 2.75) is 47.0 Å². The smallest absolute Gasteiger partial charge is 0.229 e. The number of methoxy groups -OCH3 is 1. The highest BCUT2D eigenvalue weighted by Gasteiger charge is 2.46. The predicted octanol–water partition coefficient (Wildman–Crippen LogP) is 6.50. The lowest BCUT2D eigenvalue weighted by molar-refractivity contribution is -0.142. The van der Waals surface area contributed by atoms with Crippen LogP contribution in [0.4, 0.5) is 28.8 Å². The molecule has 2 N–H and O–H groups in total. The molecule has 0 unspecified atom stereocenters. The van der Waals surface area contributed by atoms with Crippen LogP contribution < -0.4 is 25.6 Å². The van der Waals surface area contributed by atoms with E-state index in [9.17, 15) is 9.36 Å². The topological polar surface area (TPSA) is 99.7 Å². The number of carbonyl (C=O) groups is 1. The van der Waals surface area contributed by atoms with E-state index in [-0.39, 0.29) is 11.3 Å². The third-order valence-electron chi connectivity index (χ3n) is 8.93. The Morgan fingerprint density at radius 1 is 1.12 bits per heavy atom. The van der Waals surface area contributed by atoms with Gasteiger partial charge in [-0.05, 0) is 75.3 Å². The molecule has 0 bridgehead atoms. The minimum absolute atomic E-state index is 0.171. The number of rotatable bonds is 8. The van der Waals surface area contributed by atoms with Gasteiger partial charge in [-0.25, -0.2) is 4.98 Å². The summed E-state index contributed by atoms with van der Waals surface area (Å²) in [7, 11) is -0.926. The number of anilines is 5. The molecule has 43 heavy (non-hydrogen) atoms. The van der Waals surface area contributed by atoms with Gasteiger partial charge >= 0.3 is 0 Å². The van der Waals surface area contributed by atoms with Crippen molar-refractivity contribution >= 4 is 58.8 Å². The van der Waals surface area contributed by atoms with Crippen LogP contribution in [-0.4, -0.2) is 67.4 Å². The van der Waals surface area contributed by atoms with E-state index >= 15 is 0 Å². The van der Waals surface area contributed by atoms with Crippen molar-refractivity contribution in [2.75, 3.05) is 62.2 Å². The quantitative estimate of drug-likeness (QED) is 0.274. The summed E-state index contributed by atoms with van der Waals surface area (Å²) in [5.41, 5.74) is 6.19. The number of carbonyl (C=O) groups excluding carboxylic acids is 1. The first-order valence-electron chi connectivity index (χ1n) is 14.8. The molecule has 3 heterocycles. The maximum atomic E-state index is 13.2. The third-order valence-corrected chi connectivity index (χ3v) is 10.9. The fourth-order valence-electron chi connectivity index (χ4n) is 6.34. The zero-order valence-corrected chi connectivity index (χ0v) is 27.8. The Labute approximate surface area is 259 Å². The van der Waals surface area contributed by atoms with E-state index in [1.807, 2.05) is 30.9 Å². The van der Waals surface area contributed by atoms with Gasteiger partial charge in [0.25, 0.3) is 0 Å². The highest BCUT2D eigenvalue weighted by molar-refractivity contribution is 7.70. The van der Waals surface area contributed by atoms with Gasteiger partial charge in [-0.3, -0.25) is 4.79 Å². The Morgan fingerprint density at radius 3 is 2.42 bits per heavy atom. The molecule has 0 atom stereocenters. The Hall–Kier alpha value is -3.29. The second-order valence-electron chi connectivity index (χ2n) is 12.3.